The van der Waals surface area contributed by atoms with Gasteiger partial charge < -0.3 is 5.01 Å². The van der Waals surface area contributed by atoms with Gasteiger partial charge in [0.15, 0.2) is 0 Å². The van der Waals surface area contributed by atoms with E-state index >= 15 is 0 Å². The quantitative estimate of drug-likeness (QED) is 0.589. The van der Waals surface area contributed by atoms with Gasteiger partial charge in [0.25, 0.3) is 0 Å². The molecule has 0 atom stereocenters. The molecule has 14 heavy (non-hydrogen) atoms. The fourth-order valence-electron chi connectivity index (χ4n) is 1.33. The molecule has 0 radical (unpaired) electrons. The Morgan fingerprint density at radius 3 is 1.86 bits per heavy atom. The molecular formula is C12H20N2. The molecule has 0 unspecified atom stereocenters. The lowest BCUT2D eigenvalue weighted by atomic mass is 10.0. The Morgan fingerprint density at radius 2 is 1.50 bits per heavy atom. The highest BCUT2D eigenvalue weighted by Gasteiger charge is 2.05. The first-order chi connectivity index (χ1) is 6.52. The molecule has 0 spiro atoms. The molecule has 0 heterocycles. The van der Waals surface area contributed by atoms with Crippen molar-refractivity contribution in [2.75, 3.05) is 5.01 Å². The number of hydrogen-bond donors (Lipinski definition) is 1. The summed E-state index contributed by atoms with van der Waals surface area (Å²) in [6.07, 6.45) is 0. The topological polar surface area (TPSA) is 29.3 Å². The van der Waals surface area contributed by atoms with E-state index in [1.807, 2.05) is 0 Å². The molecular weight excluding hydrogens is 172 g/mol. The minimum Gasteiger partial charge on any atom is -0.309 e. The SMILES string of the molecule is CC(C)c1ccc(N(N)C(C)C)cc1. The maximum Gasteiger partial charge on any atom is 0.0520 e. The van der Waals surface area contributed by atoms with Crippen LogP contribution in [-0.2, 0) is 0 Å². The molecule has 1 aromatic rings. The molecule has 0 saturated heterocycles. The van der Waals surface area contributed by atoms with Crippen LogP contribution in [0.25, 0.3) is 0 Å². The summed E-state index contributed by atoms with van der Waals surface area (Å²) in [7, 11) is 0. The number of benzene rings is 1. The first-order valence-corrected chi connectivity index (χ1v) is 5.16. The summed E-state index contributed by atoms with van der Waals surface area (Å²) < 4.78 is 0. The second-order valence-corrected chi connectivity index (χ2v) is 4.25. The Morgan fingerprint density at radius 1 is 1.00 bits per heavy atom. The molecule has 0 aliphatic rings. The van der Waals surface area contributed by atoms with Gasteiger partial charge in [0, 0.05) is 6.04 Å². The van der Waals surface area contributed by atoms with Crippen LogP contribution in [0.2, 0.25) is 0 Å². The minimum absolute atomic E-state index is 0.333. The second kappa shape index (κ2) is 4.47. The van der Waals surface area contributed by atoms with Gasteiger partial charge in [-0.15, -0.1) is 0 Å². The average molecular weight is 192 g/mol. The van der Waals surface area contributed by atoms with Crippen molar-refractivity contribution < 1.29 is 0 Å². The van der Waals surface area contributed by atoms with Gasteiger partial charge in [-0.2, -0.15) is 0 Å². The third-order valence-electron chi connectivity index (χ3n) is 2.41. The molecule has 2 N–H and O–H groups in total. The van der Waals surface area contributed by atoms with Gasteiger partial charge >= 0.3 is 0 Å². The van der Waals surface area contributed by atoms with Crippen LogP contribution in [0.15, 0.2) is 24.3 Å². The highest BCUT2D eigenvalue weighted by Crippen LogP contribution is 2.19. The van der Waals surface area contributed by atoms with Gasteiger partial charge in [0.05, 0.1) is 5.69 Å². The van der Waals surface area contributed by atoms with Crippen LogP contribution in [0.3, 0.4) is 0 Å². The first kappa shape index (κ1) is 11.1. The number of rotatable bonds is 3. The van der Waals surface area contributed by atoms with Gasteiger partial charge in [-0.1, -0.05) is 26.0 Å². The van der Waals surface area contributed by atoms with E-state index in [4.69, 9.17) is 5.84 Å². The lowest BCUT2D eigenvalue weighted by Crippen LogP contribution is -2.37. The third kappa shape index (κ3) is 2.48. The Bertz CT molecular complexity index is 275. The molecule has 0 saturated carbocycles. The summed E-state index contributed by atoms with van der Waals surface area (Å²) in [6.45, 7) is 8.54. The van der Waals surface area contributed by atoms with Gasteiger partial charge in [-0.25, -0.2) is 5.84 Å². The maximum absolute atomic E-state index is 5.90. The summed E-state index contributed by atoms with van der Waals surface area (Å²) in [6, 6.07) is 8.77. The molecule has 0 bridgehead atoms. The summed E-state index contributed by atoms with van der Waals surface area (Å²) in [4.78, 5) is 0. The Hall–Kier alpha value is -1.02. The standard InChI is InChI=1S/C12H20N2/c1-9(2)11-5-7-12(8-6-11)14(13)10(3)4/h5-10H,13H2,1-4H3. The zero-order valence-electron chi connectivity index (χ0n) is 9.49. The first-order valence-electron chi connectivity index (χ1n) is 5.16. The van der Waals surface area contributed by atoms with E-state index in [0.717, 1.165) is 5.69 Å². The minimum atomic E-state index is 0.333. The molecule has 1 aromatic carbocycles. The fourth-order valence-corrected chi connectivity index (χ4v) is 1.33. The fraction of sp³-hybridized carbons (Fsp3) is 0.500. The van der Waals surface area contributed by atoms with Crippen molar-refractivity contribution in [3.05, 3.63) is 29.8 Å². The van der Waals surface area contributed by atoms with Crippen molar-refractivity contribution in [1.82, 2.24) is 0 Å². The van der Waals surface area contributed by atoms with E-state index < -0.39 is 0 Å². The summed E-state index contributed by atoms with van der Waals surface area (Å²) in [5, 5.41) is 1.78. The lowest BCUT2D eigenvalue weighted by molar-refractivity contribution is 0.711. The summed E-state index contributed by atoms with van der Waals surface area (Å²) in [5.41, 5.74) is 2.43. The van der Waals surface area contributed by atoms with E-state index in [-0.39, 0.29) is 0 Å². The molecule has 78 valence electrons. The Labute approximate surface area is 86.7 Å². The van der Waals surface area contributed by atoms with Crippen LogP contribution < -0.4 is 10.9 Å². The molecule has 2 heteroatoms. The van der Waals surface area contributed by atoms with E-state index in [1.54, 1.807) is 5.01 Å². The number of nitrogens with two attached hydrogens (primary N) is 1. The molecule has 0 aliphatic carbocycles. The normalized spacial score (nSPS) is 11.1. The van der Waals surface area contributed by atoms with Crippen molar-refractivity contribution in [3.63, 3.8) is 0 Å². The smallest absolute Gasteiger partial charge is 0.0520 e. The molecule has 0 aliphatic heterocycles. The molecule has 1 rings (SSSR count). The van der Waals surface area contributed by atoms with Crippen molar-refractivity contribution in [3.8, 4) is 0 Å². The van der Waals surface area contributed by atoms with E-state index in [9.17, 15) is 0 Å². The molecule has 2 nitrogen and oxygen atoms in total. The third-order valence-corrected chi connectivity index (χ3v) is 2.41. The number of hydrogen-bond acceptors (Lipinski definition) is 2. The Kier molecular flexibility index (Phi) is 3.53. The molecule has 0 amide bonds. The van der Waals surface area contributed by atoms with Crippen molar-refractivity contribution in [1.29, 1.82) is 0 Å². The highest BCUT2D eigenvalue weighted by atomic mass is 15.4. The van der Waals surface area contributed by atoms with Gasteiger partial charge in [0.2, 0.25) is 0 Å². The van der Waals surface area contributed by atoms with Crippen LogP contribution in [0, 0.1) is 0 Å². The van der Waals surface area contributed by atoms with E-state index in [2.05, 4.69) is 52.0 Å². The van der Waals surface area contributed by atoms with Gasteiger partial charge in [0.1, 0.15) is 0 Å². The molecule has 0 fully saturated rings. The zero-order valence-corrected chi connectivity index (χ0v) is 9.49. The number of anilines is 1. The van der Waals surface area contributed by atoms with E-state index in [1.165, 1.54) is 5.56 Å². The van der Waals surface area contributed by atoms with Crippen LogP contribution >= 0.6 is 0 Å². The highest BCUT2D eigenvalue weighted by molar-refractivity contribution is 5.47. The van der Waals surface area contributed by atoms with Crippen molar-refractivity contribution >= 4 is 5.69 Å². The van der Waals surface area contributed by atoms with Gasteiger partial charge in [-0.3, -0.25) is 0 Å². The van der Waals surface area contributed by atoms with Crippen LogP contribution in [0.5, 0.6) is 0 Å². The van der Waals surface area contributed by atoms with Crippen LogP contribution in [-0.4, -0.2) is 6.04 Å². The van der Waals surface area contributed by atoms with Crippen LogP contribution in [0.1, 0.15) is 39.2 Å². The predicted molar refractivity (Wildman–Crippen MR) is 62.3 cm³/mol. The second-order valence-electron chi connectivity index (χ2n) is 4.25. The maximum atomic E-state index is 5.90. The molecule has 0 aromatic heterocycles. The summed E-state index contributed by atoms with van der Waals surface area (Å²) >= 11 is 0. The van der Waals surface area contributed by atoms with Crippen LogP contribution in [0.4, 0.5) is 5.69 Å². The number of hydrazine groups is 1. The average Bonchev–Trinajstić information content (AvgIpc) is 2.16. The zero-order chi connectivity index (χ0) is 10.7. The Balaban J connectivity index is 2.83. The monoisotopic (exact) mass is 192 g/mol. The van der Waals surface area contributed by atoms with Gasteiger partial charge in [-0.05, 0) is 37.5 Å². The number of nitrogens with zero attached hydrogens (tertiary/aromatic N) is 1. The van der Waals surface area contributed by atoms with E-state index in [0.29, 0.717) is 12.0 Å². The predicted octanol–water partition coefficient (Wildman–Crippen LogP) is 2.90. The lowest BCUT2D eigenvalue weighted by Gasteiger charge is -2.23. The summed E-state index contributed by atoms with van der Waals surface area (Å²) in [5.74, 6) is 6.48. The van der Waals surface area contributed by atoms with Crippen molar-refractivity contribution in [2.24, 2.45) is 5.84 Å². The van der Waals surface area contributed by atoms with Crippen molar-refractivity contribution in [2.45, 2.75) is 39.7 Å². The largest absolute Gasteiger partial charge is 0.309 e.